The summed E-state index contributed by atoms with van der Waals surface area (Å²) in [5, 5.41) is 30.5. The molecular formula is C108H111F3N30O5. The SMILES string of the molecule is CCc1nc(C)cn2nc(-c3cc(=O)n4cc(N5CCC(C)(N)CC5)ccc4n3)cc12.Cc1cc(-c2cc(=O)n3cc(C4CCNCC4)ccc3n2)cc2cn(C)nc12.Cc1cc(-c2cc(=O)n3cc(N4CCNCC4)ccc3n2)cc2cn(C)nc12.Cc1cn2cc(-c3cc(=O)n4cc(N5C[C@@H](C)N[C@@H](C)C5)ccc4n3)cc(C(F)(F)F)c2n1.Cc1cn2nc(-c3cc(=O)n4cc(C#CCN)ccc4n3)cc2c(C)n1. The fraction of sp³-hybridized carbons (Fsp3) is 0.306. The zero-order chi connectivity index (χ0) is 102. The summed E-state index contributed by atoms with van der Waals surface area (Å²) in [6, 6.07) is 40.4. The van der Waals surface area contributed by atoms with Crippen LogP contribution < -0.4 is 69.9 Å². The summed E-state index contributed by atoms with van der Waals surface area (Å²) in [6.07, 6.45) is 20.2. The highest BCUT2D eigenvalue weighted by atomic mass is 19.4. The van der Waals surface area contributed by atoms with Crippen molar-refractivity contribution in [1.29, 1.82) is 0 Å². The van der Waals surface area contributed by atoms with Gasteiger partial charge in [0.15, 0.2) is 0 Å². The smallest absolute Gasteiger partial charge is 0.370 e. The lowest BCUT2D eigenvalue weighted by Crippen LogP contribution is -2.54. The molecule has 146 heavy (non-hydrogen) atoms. The quantitative estimate of drug-likeness (QED) is 0.0794. The molecule has 0 radical (unpaired) electrons. The molecule has 18 aromatic heterocycles. The van der Waals surface area contributed by atoms with E-state index in [1.54, 1.807) is 67.4 Å². The number of hydrogen-bond acceptors (Lipinski definition) is 25. The summed E-state index contributed by atoms with van der Waals surface area (Å²) < 4.78 is 57.4. The number of fused-ring (bicyclic) bond motifs is 10. The fourth-order valence-corrected chi connectivity index (χ4v) is 19.8. The van der Waals surface area contributed by atoms with Crippen molar-refractivity contribution >= 4 is 83.8 Å². The van der Waals surface area contributed by atoms with E-state index in [0.717, 1.165) is 199 Å². The van der Waals surface area contributed by atoms with E-state index in [9.17, 15) is 37.1 Å². The second-order valence-electron chi connectivity index (χ2n) is 38.6. The van der Waals surface area contributed by atoms with Crippen LogP contribution in [-0.2, 0) is 26.7 Å². The number of piperidine rings is 2. The van der Waals surface area contributed by atoms with Gasteiger partial charge in [0.1, 0.15) is 45.3 Å². The van der Waals surface area contributed by atoms with Crippen molar-refractivity contribution in [3.8, 4) is 68.4 Å². The molecule has 0 saturated carbocycles. The number of nitrogens with zero attached hydrogens (tertiary/aromatic N) is 25. The zero-order valence-electron chi connectivity index (χ0n) is 83.1. The summed E-state index contributed by atoms with van der Waals surface area (Å²) in [4.78, 5) is 107. The fourth-order valence-electron chi connectivity index (χ4n) is 19.8. The van der Waals surface area contributed by atoms with Gasteiger partial charge < -0.3 is 46.5 Å². The Bertz CT molecular complexity index is 8710. The van der Waals surface area contributed by atoms with Crippen LogP contribution >= 0.6 is 0 Å². The van der Waals surface area contributed by atoms with Crippen molar-refractivity contribution in [2.24, 2.45) is 25.6 Å². The number of halogens is 3. The van der Waals surface area contributed by atoms with Crippen LogP contribution in [0.2, 0.25) is 0 Å². The van der Waals surface area contributed by atoms with Gasteiger partial charge in [0.05, 0.1) is 121 Å². The first-order valence-electron chi connectivity index (χ1n) is 48.9. The van der Waals surface area contributed by atoms with Crippen LogP contribution in [0.3, 0.4) is 0 Å². The molecule has 4 aliphatic heterocycles. The Labute approximate surface area is 834 Å². The maximum absolute atomic E-state index is 13.7. The molecule has 0 amide bonds. The lowest BCUT2D eigenvalue weighted by atomic mass is 9.91. The van der Waals surface area contributed by atoms with E-state index in [2.05, 4.69) is 134 Å². The third-order valence-electron chi connectivity index (χ3n) is 27.1. The first kappa shape index (κ1) is 97.1. The Kier molecular flexibility index (Phi) is 26.4. The van der Waals surface area contributed by atoms with Gasteiger partial charge in [-0.25, -0.2) is 38.9 Å². The summed E-state index contributed by atoms with van der Waals surface area (Å²) in [5.74, 6) is 6.20. The van der Waals surface area contributed by atoms with Gasteiger partial charge in [-0.15, -0.1) is 0 Å². The Hall–Kier alpha value is -16.3. The molecular weight excluding hydrogens is 1850 g/mol. The number of imidazole rings is 1. The summed E-state index contributed by atoms with van der Waals surface area (Å²) in [7, 11) is 3.83. The molecule has 0 spiro atoms. The Balaban J connectivity index is 0.000000111. The number of pyridine rings is 6. The minimum absolute atomic E-state index is 0.0419. The molecule has 0 unspecified atom stereocenters. The van der Waals surface area contributed by atoms with Gasteiger partial charge in [0.25, 0.3) is 27.8 Å². The number of anilines is 3. The standard InChI is InChI=1S/C23H23F3N6O.C23H27N7O.C22H23N5O.C21H22N6O.C19H16N6O/c1-13-8-30(9-14(2)27-13)17-4-5-20-29-19(7-21(33)32(20)12-17)16-6-18(23(24,25)26)22-28-15(3)10-31(22)11-16;1-4-17-20-11-19(27-30(20)13-15(2)25-17)18-12-22(31)29-14-16(5-6-21(29)26-18)28-9-7-23(3,24)8-10-28;1-14-9-17(10-18-12-26(2)25-22(14)18)19-11-21(28)27-13-16(3-4-20(27)24-19)15-5-7-23-8-6-15;1-14-9-15(10-16-12-25(2)24-21(14)16)18-11-20(28)27-13-17(3-4-19(27)23-18)26-7-5-22-6-8-26;1-12-10-25-17(13(2)21-12)8-16(23-25)15-9-19(26)24-11-14(4-3-7-20)5-6-18(24)22-15/h4-7,10-14,27H,8-9H2,1-3H3;5-6,11-14H,4,7-10,24H2,1-3H3;3-4,9-13,15,23H,5-8H2,1-2H3;3-4,9-13,22H,5-8H2,1-2H3;5-6,8-11H,7,20H2,1-2H3/t13-,14+;;;;. The normalized spacial score (nSPS) is 15.6. The second kappa shape index (κ2) is 39.8. The van der Waals surface area contributed by atoms with Crippen molar-refractivity contribution in [3.63, 3.8) is 0 Å². The van der Waals surface area contributed by atoms with Gasteiger partial charge in [0.2, 0.25) is 0 Å². The summed E-state index contributed by atoms with van der Waals surface area (Å²) >= 11 is 0. The highest BCUT2D eigenvalue weighted by Crippen LogP contribution is 2.37. The van der Waals surface area contributed by atoms with Gasteiger partial charge in [-0.1, -0.05) is 24.8 Å². The number of aryl methyl sites for hydroxylation is 9. The van der Waals surface area contributed by atoms with E-state index < -0.39 is 11.7 Å². The third-order valence-corrected chi connectivity index (χ3v) is 27.1. The predicted octanol–water partition coefficient (Wildman–Crippen LogP) is 12.4. The first-order chi connectivity index (χ1) is 70.1. The molecule has 4 fully saturated rings. The monoisotopic (exact) mass is 1960 g/mol. The molecule has 7 N–H and O–H groups in total. The first-order valence-corrected chi connectivity index (χ1v) is 48.9. The highest BCUT2D eigenvalue weighted by Gasteiger charge is 2.36. The van der Waals surface area contributed by atoms with E-state index in [-0.39, 0.29) is 56.8 Å². The van der Waals surface area contributed by atoms with E-state index in [1.807, 2.05) is 173 Å². The minimum Gasteiger partial charge on any atom is -0.370 e. The average Bonchev–Trinajstić information content (AvgIpc) is 1.42. The highest BCUT2D eigenvalue weighted by molar-refractivity contribution is 5.88. The molecule has 0 bridgehead atoms. The predicted molar refractivity (Wildman–Crippen MR) is 562 cm³/mol. The molecule has 0 aliphatic carbocycles. The van der Waals surface area contributed by atoms with E-state index in [4.69, 9.17) is 26.4 Å². The Morgan fingerprint density at radius 2 is 0.890 bits per heavy atom. The molecule has 4 saturated heterocycles. The number of hydrogen-bond donors (Lipinski definition) is 5. The number of piperazine rings is 2. The van der Waals surface area contributed by atoms with Gasteiger partial charge in [-0.05, 0) is 227 Å². The number of nitrogens with two attached hydrogens (primary N) is 2. The average molecular weight is 1970 g/mol. The van der Waals surface area contributed by atoms with Gasteiger partial charge >= 0.3 is 6.18 Å². The molecule has 22 heterocycles. The van der Waals surface area contributed by atoms with Crippen LogP contribution in [-0.4, -0.2) is 195 Å². The van der Waals surface area contributed by atoms with Crippen LogP contribution in [0.25, 0.3) is 123 Å². The lowest BCUT2D eigenvalue weighted by molar-refractivity contribution is -0.136. The topological polar surface area (TPSA) is 383 Å². The summed E-state index contributed by atoms with van der Waals surface area (Å²) in [6.45, 7) is 29.4. The van der Waals surface area contributed by atoms with Crippen molar-refractivity contribution < 1.29 is 13.2 Å². The largest absolute Gasteiger partial charge is 0.420 e. The van der Waals surface area contributed by atoms with Crippen LogP contribution in [0.1, 0.15) is 116 Å². The summed E-state index contributed by atoms with van der Waals surface area (Å²) in [5.41, 5.74) is 33.6. The lowest BCUT2D eigenvalue weighted by Gasteiger charge is -2.38. The van der Waals surface area contributed by atoms with Crippen molar-refractivity contribution in [1.82, 2.24) is 121 Å². The van der Waals surface area contributed by atoms with Crippen LogP contribution in [0, 0.1) is 53.4 Å². The molecule has 2 aromatic carbocycles. The molecule has 35 nitrogen and oxygen atoms in total. The van der Waals surface area contributed by atoms with E-state index in [1.165, 1.54) is 43.3 Å². The molecule has 4 aliphatic rings. The van der Waals surface area contributed by atoms with Gasteiger partial charge in [-0.3, -0.25) is 65.3 Å². The van der Waals surface area contributed by atoms with E-state index in [0.29, 0.717) is 91.7 Å². The third kappa shape index (κ3) is 20.4. The molecule has 38 heteroatoms. The van der Waals surface area contributed by atoms with Gasteiger partial charge in [0, 0.05) is 203 Å². The van der Waals surface area contributed by atoms with Crippen molar-refractivity contribution in [2.75, 3.05) is 86.7 Å². The number of aromatic nitrogens is 22. The second-order valence-corrected chi connectivity index (χ2v) is 38.6. The van der Waals surface area contributed by atoms with Crippen molar-refractivity contribution in [3.05, 3.63) is 310 Å². The number of benzene rings is 2. The molecule has 20 aromatic rings. The molecule has 24 rings (SSSR count). The van der Waals surface area contributed by atoms with Crippen LogP contribution in [0.4, 0.5) is 30.2 Å². The van der Waals surface area contributed by atoms with Gasteiger partial charge in [-0.2, -0.15) is 33.6 Å². The minimum atomic E-state index is -4.59. The van der Waals surface area contributed by atoms with Crippen LogP contribution in [0.5, 0.6) is 0 Å². The number of alkyl halides is 3. The van der Waals surface area contributed by atoms with Crippen LogP contribution in [0.15, 0.2) is 226 Å². The Morgan fingerprint density at radius 3 is 1.41 bits per heavy atom. The number of nitrogens with one attached hydrogen (secondary N) is 3. The maximum atomic E-state index is 13.7. The molecule has 2 atom stereocenters. The number of rotatable bonds is 10. The zero-order valence-corrected chi connectivity index (χ0v) is 83.1. The van der Waals surface area contributed by atoms with Crippen molar-refractivity contribution in [2.45, 2.75) is 131 Å². The maximum Gasteiger partial charge on any atom is 0.420 e. The molecule has 744 valence electrons. The van der Waals surface area contributed by atoms with E-state index >= 15 is 0 Å². The Morgan fingerprint density at radius 1 is 0.445 bits per heavy atom.